The van der Waals surface area contributed by atoms with Crippen LogP contribution in [-0.2, 0) is 13.0 Å². The first-order valence-corrected chi connectivity index (χ1v) is 6.83. The van der Waals surface area contributed by atoms with Gasteiger partial charge in [-0.3, -0.25) is 0 Å². The summed E-state index contributed by atoms with van der Waals surface area (Å²) in [5.74, 6) is 1.19. The normalized spacial score (nSPS) is 20.2. The van der Waals surface area contributed by atoms with Gasteiger partial charge in [-0.25, -0.2) is 0 Å². The van der Waals surface area contributed by atoms with Gasteiger partial charge in [-0.15, -0.1) is 10.2 Å². The Kier molecular flexibility index (Phi) is 4.84. The minimum atomic E-state index is 1.11. The van der Waals surface area contributed by atoms with E-state index in [0.717, 1.165) is 13.0 Å². The Labute approximate surface area is 98.3 Å². The predicted octanol–water partition coefficient (Wildman–Crippen LogP) is 3.35. The summed E-state index contributed by atoms with van der Waals surface area (Å²) in [6, 6.07) is 0. The molecule has 0 N–H and O–H groups in total. The molecule has 0 atom stereocenters. The number of rotatable bonds is 0. The molecule has 1 aromatic rings. The average molecular weight is 221 g/mol. The molecular weight excluding hydrogens is 198 g/mol. The van der Waals surface area contributed by atoms with E-state index >= 15 is 0 Å². The van der Waals surface area contributed by atoms with Crippen molar-refractivity contribution >= 4 is 0 Å². The first kappa shape index (κ1) is 11.6. The summed E-state index contributed by atoms with van der Waals surface area (Å²) in [5, 5.41) is 8.25. The largest absolute Gasteiger partial charge is 0.318 e. The van der Waals surface area contributed by atoms with Crippen molar-refractivity contribution in [1.82, 2.24) is 14.8 Å². The van der Waals surface area contributed by atoms with Crippen LogP contribution in [0.2, 0.25) is 0 Å². The average Bonchev–Trinajstić information content (AvgIpc) is 2.73. The van der Waals surface area contributed by atoms with E-state index in [0.29, 0.717) is 0 Å². The van der Waals surface area contributed by atoms with Gasteiger partial charge in [0.15, 0.2) is 0 Å². The molecule has 1 aliphatic rings. The van der Waals surface area contributed by atoms with Crippen LogP contribution in [0.3, 0.4) is 0 Å². The van der Waals surface area contributed by atoms with E-state index in [2.05, 4.69) is 14.8 Å². The number of aromatic nitrogens is 3. The zero-order valence-corrected chi connectivity index (χ0v) is 10.2. The van der Waals surface area contributed by atoms with E-state index in [1.165, 1.54) is 63.6 Å². The molecular formula is C13H23N3. The third-order valence-electron chi connectivity index (χ3n) is 3.50. The molecule has 1 aliphatic heterocycles. The molecule has 2 rings (SSSR count). The van der Waals surface area contributed by atoms with Crippen molar-refractivity contribution in [1.29, 1.82) is 0 Å². The van der Waals surface area contributed by atoms with Gasteiger partial charge in [0.2, 0.25) is 0 Å². The first-order chi connectivity index (χ1) is 7.97. The fourth-order valence-electron chi connectivity index (χ4n) is 2.46. The lowest BCUT2D eigenvalue weighted by molar-refractivity contribution is 0.544. The molecule has 3 heteroatoms. The second-order valence-corrected chi connectivity index (χ2v) is 4.87. The summed E-state index contributed by atoms with van der Waals surface area (Å²) in [6.07, 6.45) is 15.4. The minimum Gasteiger partial charge on any atom is -0.318 e. The number of hydrogen-bond acceptors (Lipinski definition) is 2. The molecule has 2 heterocycles. The lowest BCUT2D eigenvalue weighted by atomic mass is 10.1. The Morgan fingerprint density at radius 2 is 1.44 bits per heavy atom. The molecule has 0 saturated carbocycles. The molecule has 0 spiro atoms. The third kappa shape index (κ3) is 3.62. The second-order valence-electron chi connectivity index (χ2n) is 4.87. The van der Waals surface area contributed by atoms with Crippen LogP contribution in [0.4, 0.5) is 0 Å². The summed E-state index contributed by atoms with van der Waals surface area (Å²) in [4.78, 5) is 0. The van der Waals surface area contributed by atoms with Gasteiger partial charge in [-0.2, -0.15) is 0 Å². The Morgan fingerprint density at radius 1 is 0.812 bits per heavy atom. The Bertz CT molecular complexity index is 267. The summed E-state index contributed by atoms with van der Waals surface area (Å²) in [7, 11) is 0. The van der Waals surface area contributed by atoms with Crippen molar-refractivity contribution in [2.75, 3.05) is 0 Å². The van der Waals surface area contributed by atoms with Gasteiger partial charge in [0.05, 0.1) is 0 Å². The highest BCUT2D eigenvalue weighted by atomic mass is 15.3. The maximum Gasteiger partial charge on any atom is 0.132 e. The number of aryl methyl sites for hydroxylation is 2. The quantitative estimate of drug-likeness (QED) is 0.672. The van der Waals surface area contributed by atoms with Crippen LogP contribution in [0.15, 0.2) is 6.33 Å². The van der Waals surface area contributed by atoms with Gasteiger partial charge < -0.3 is 4.57 Å². The van der Waals surface area contributed by atoms with Gasteiger partial charge in [0, 0.05) is 13.0 Å². The topological polar surface area (TPSA) is 30.7 Å². The molecule has 16 heavy (non-hydrogen) atoms. The van der Waals surface area contributed by atoms with Gasteiger partial charge in [0.1, 0.15) is 12.2 Å². The molecule has 1 aromatic heterocycles. The van der Waals surface area contributed by atoms with Crippen LogP contribution >= 0.6 is 0 Å². The Balaban J connectivity index is 1.88. The van der Waals surface area contributed by atoms with Crippen LogP contribution in [0.1, 0.15) is 63.6 Å². The van der Waals surface area contributed by atoms with Crippen LogP contribution in [-0.4, -0.2) is 14.8 Å². The zero-order valence-electron chi connectivity index (χ0n) is 10.2. The van der Waals surface area contributed by atoms with Crippen molar-refractivity contribution in [2.24, 2.45) is 0 Å². The van der Waals surface area contributed by atoms with E-state index in [4.69, 9.17) is 0 Å². The molecule has 0 bridgehead atoms. The maximum absolute atomic E-state index is 4.22. The number of nitrogens with zero attached hydrogens (tertiary/aromatic N) is 3. The summed E-state index contributed by atoms with van der Waals surface area (Å²) in [6.45, 7) is 1.11. The number of fused-ring (bicyclic) bond motifs is 1. The zero-order chi connectivity index (χ0) is 11.1. The molecule has 0 radical (unpaired) electrons. The van der Waals surface area contributed by atoms with Gasteiger partial charge in [-0.1, -0.05) is 44.9 Å². The highest BCUT2D eigenvalue weighted by Gasteiger charge is 2.04. The van der Waals surface area contributed by atoms with E-state index in [-0.39, 0.29) is 0 Å². The molecule has 0 amide bonds. The lowest BCUT2D eigenvalue weighted by Crippen LogP contribution is -2.03. The molecule has 0 aromatic carbocycles. The van der Waals surface area contributed by atoms with Crippen LogP contribution in [0, 0.1) is 0 Å². The Hall–Kier alpha value is -0.860. The van der Waals surface area contributed by atoms with Crippen molar-refractivity contribution in [3.05, 3.63) is 12.2 Å². The summed E-state index contributed by atoms with van der Waals surface area (Å²) in [5.41, 5.74) is 0. The van der Waals surface area contributed by atoms with Crippen LogP contribution < -0.4 is 0 Å². The van der Waals surface area contributed by atoms with Crippen molar-refractivity contribution in [3.63, 3.8) is 0 Å². The predicted molar refractivity (Wildman–Crippen MR) is 65.3 cm³/mol. The monoisotopic (exact) mass is 221 g/mol. The second kappa shape index (κ2) is 6.66. The van der Waals surface area contributed by atoms with Crippen LogP contribution in [0.5, 0.6) is 0 Å². The maximum atomic E-state index is 4.22. The standard InChI is InChI=1S/C13H23N3/c1-2-4-6-8-10-13-15-14-12-16(13)11-9-7-5-3-1/h12H,1-11H2. The summed E-state index contributed by atoms with van der Waals surface area (Å²) >= 11 is 0. The molecule has 3 nitrogen and oxygen atoms in total. The van der Waals surface area contributed by atoms with Crippen LogP contribution in [0.25, 0.3) is 0 Å². The highest BCUT2D eigenvalue weighted by molar-refractivity contribution is 4.85. The lowest BCUT2D eigenvalue weighted by Gasteiger charge is -2.05. The third-order valence-corrected chi connectivity index (χ3v) is 3.50. The van der Waals surface area contributed by atoms with Crippen molar-refractivity contribution in [3.8, 4) is 0 Å². The van der Waals surface area contributed by atoms with Gasteiger partial charge >= 0.3 is 0 Å². The summed E-state index contributed by atoms with van der Waals surface area (Å²) < 4.78 is 2.25. The van der Waals surface area contributed by atoms with E-state index in [9.17, 15) is 0 Å². The smallest absolute Gasteiger partial charge is 0.132 e. The minimum absolute atomic E-state index is 1.11. The molecule has 0 saturated heterocycles. The van der Waals surface area contributed by atoms with Crippen molar-refractivity contribution < 1.29 is 0 Å². The molecule has 0 aliphatic carbocycles. The molecule has 90 valence electrons. The highest BCUT2D eigenvalue weighted by Crippen LogP contribution is 2.13. The fraction of sp³-hybridized carbons (Fsp3) is 0.846. The fourth-order valence-corrected chi connectivity index (χ4v) is 2.46. The van der Waals surface area contributed by atoms with E-state index < -0.39 is 0 Å². The van der Waals surface area contributed by atoms with E-state index in [1.807, 2.05) is 6.33 Å². The van der Waals surface area contributed by atoms with Gasteiger partial charge in [0.25, 0.3) is 0 Å². The van der Waals surface area contributed by atoms with Gasteiger partial charge in [-0.05, 0) is 12.8 Å². The SMILES string of the molecule is c1nnc2n1CCCCCCCCCCC2. The first-order valence-electron chi connectivity index (χ1n) is 6.83. The molecule has 0 unspecified atom stereocenters. The molecule has 0 fully saturated rings. The Morgan fingerprint density at radius 3 is 2.19 bits per heavy atom. The van der Waals surface area contributed by atoms with Crippen molar-refractivity contribution in [2.45, 2.75) is 70.8 Å². The number of hydrogen-bond donors (Lipinski definition) is 0. The van der Waals surface area contributed by atoms with E-state index in [1.54, 1.807) is 0 Å².